The molecule has 2 nitrogen and oxygen atoms in total. The van der Waals surface area contributed by atoms with Gasteiger partial charge in [0.25, 0.3) is 0 Å². The van der Waals surface area contributed by atoms with E-state index in [-0.39, 0.29) is 0 Å². The number of halogens is 1. The fraction of sp³-hybridized carbons (Fsp3) is 0.500. The molecule has 0 aromatic heterocycles. The second-order valence-corrected chi connectivity index (χ2v) is 5.06. The average molecular weight is 271 g/mol. The minimum absolute atomic E-state index is 0.666. The fourth-order valence-corrected chi connectivity index (χ4v) is 2.66. The number of benzene rings is 1. The van der Waals surface area contributed by atoms with Gasteiger partial charge in [0.1, 0.15) is 5.75 Å². The zero-order chi connectivity index (χ0) is 11.2. The summed E-state index contributed by atoms with van der Waals surface area (Å²) in [7, 11) is 1.65. The molecular weight excluding hydrogens is 256 g/mol. The van der Waals surface area contributed by atoms with Gasteiger partial charge < -0.3 is 9.84 Å². The third-order valence-electron chi connectivity index (χ3n) is 2.98. The van der Waals surface area contributed by atoms with Gasteiger partial charge in [-0.1, -0.05) is 6.07 Å². The molecule has 1 aliphatic carbocycles. The SMILES string of the molecule is COc1c(C)cc(C)c(Br)c1C1(O)CC1. The highest BCUT2D eigenvalue weighted by atomic mass is 79.9. The second kappa shape index (κ2) is 3.49. The summed E-state index contributed by atoms with van der Waals surface area (Å²) < 4.78 is 6.37. The van der Waals surface area contributed by atoms with E-state index < -0.39 is 5.60 Å². The third-order valence-corrected chi connectivity index (χ3v) is 4.00. The number of ether oxygens (including phenoxy) is 1. The van der Waals surface area contributed by atoms with Crippen LogP contribution in [0, 0.1) is 13.8 Å². The predicted molar refractivity (Wildman–Crippen MR) is 63.3 cm³/mol. The smallest absolute Gasteiger partial charge is 0.129 e. The fourth-order valence-electron chi connectivity index (χ4n) is 1.99. The van der Waals surface area contributed by atoms with Crippen LogP contribution in [0.4, 0.5) is 0 Å². The molecule has 0 atom stereocenters. The van der Waals surface area contributed by atoms with E-state index in [1.54, 1.807) is 7.11 Å². The maximum atomic E-state index is 10.2. The predicted octanol–water partition coefficient (Wildman–Crippen LogP) is 3.06. The highest BCUT2D eigenvalue weighted by Crippen LogP contribution is 2.52. The Bertz CT molecular complexity index is 409. The summed E-state index contributed by atoms with van der Waals surface area (Å²) in [5.74, 6) is 0.812. The maximum Gasteiger partial charge on any atom is 0.129 e. The zero-order valence-corrected chi connectivity index (χ0v) is 10.8. The largest absolute Gasteiger partial charge is 0.496 e. The highest BCUT2D eigenvalue weighted by molar-refractivity contribution is 9.10. The van der Waals surface area contributed by atoms with E-state index in [0.717, 1.165) is 39.8 Å². The monoisotopic (exact) mass is 270 g/mol. The van der Waals surface area contributed by atoms with Gasteiger partial charge in [-0.15, -0.1) is 0 Å². The third kappa shape index (κ3) is 1.68. The van der Waals surface area contributed by atoms with Crippen molar-refractivity contribution in [1.82, 2.24) is 0 Å². The Labute approximate surface area is 98.4 Å². The number of rotatable bonds is 2. The Morgan fingerprint density at radius 2 is 1.93 bits per heavy atom. The van der Waals surface area contributed by atoms with E-state index in [9.17, 15) is 5.11 Å². The molecule has 0 amide bonds. The number of hydrogen-bond acceptors (Lipinski definition) is 2. The van der Waals surface area contributed by atoms with Crippen LogP contribution in [0.5, 0.6) is 5.75 Å². The Hall–Kier alpha value is -0.540. The molecular formula is C12H15BrO2. The first-order chi connectivity index (χ1) is 6.99. The van der Waals surface area contributed by atoms with Crippen LogP contribution in [0.25, 0.3) is 0 Å². The van der Waals surface area contributed by atoms with Crippen LogP contribution in [-0.2, 0) is 5.60 Å². The maximum absolute atomic E-state index is 10.2. The van der Waals surface area contributed by atoms with Gasteiger partial charge in [-0.25, -0.2) is 0 Å². The molecule has 3 heteroatoms. The Morgan fingerprint density at radius 3 is 2.40 bits per heavy atom. The van der Waals surface area contributed by atoms with Crippen LogP contribution < -0.4 is 4.74 Å². The molecule has 0 aliphatic heterocycles. The van der Waals surface area contributed by atoms with E-state index in [1.165, 1.54) is 0 Å². The second-order valence-electron chi connectivity index (χ2n) is 4.26. The van der Waals surface area contributed by atoms with Gasteiger partial charge in [0.05, 0.1) is 12.7 Å². The molecule has 0 unspecified atom stereocenters. The lowest BCUT2D eigenvalue weighted by atomic mass is 10.00. The van der Waals surface area contributed by atoms with E-state index in [0.29, 0.717) is 0 Å². The minimum atomic E-state index is -0.666. The number of methoxy groups -OCH3 is 1. The van der Waals surface area contributed by atoms with E-state index in [4.69, 9.17) is 4.74 Å². The van der Waals surface area contributed by atoms with Crippen LogP contribution in [-0.4, -0.2) is 12.2 Å². The summed E-state index contributed by atoms with van der Waals surface area (Å²) in [5, 5.41) is 10.2. The highest BCUT2D eigenvalue weighted by Gasteiger charge is 2.46. The van der Waals surface area contributed by atoms with Crippen molar-refractivity contribution < 1.29 is 9.84 Å². The van der Waals surface area contributed by atoms with Crippen molar-refractivity contribution >= 4 is 15.9 Å². The lowest BCUT2D eigenvalue weighted by Gasteiger charge is -2.19. The van der Waals surface area contributed by atoms with E-state index in [2.05, 4.69) is 22.0 Å². The summed E-state index contributed by atoms with van der Waals surface area (Å²) in [4.78, 5) is 0. The molecule has 0 heterocycles. The normalized spacial score (nSPS) is 17.7. The molecule has 15 heavy (non-hydrogen) atoms. The van der Waals surface area contributed by atoms with Crippen LogP contribution >= 0.6 is 15.9 Å². The van der Waals surface area contributed by atoms with E-state index >= 15 is 0 Å². The average Bonchev–Trinajstić information content (AvgIpc) is 2.90. The van der Waals surface area contributed by atoms with Crippen molar-refractivity contribution in [3.05, 3.63) is 27.2 Å². The lowest BCUT2D eigenvalue weighted by molar-refractivity contribution is 0.146. The van der Waals surface area contributed by atoms with Gasteiger partial charge >= 0.3 is 0 Å². The number of aryl methyl sites for hydroxylation is 2. The molecule has 1 saturated carbocycles. The minimum Gasteiger partial charge on any atom is -0.496 e. The quantitative estimate of drug-likeness (QED) is 0.895. The number of hydrogen-bond donors (Lipinski definition) is 1. The molecule has 0 radical (unpaired) electrons. The van der Waals surface area contributed by atoms with Gasteiger partial charge in [-0.2, -0.15) is 0 Å². The molecule has 0 spiro atoms. The summed E-state index contributed by atoms with van der Waals surface area (Å²) in [6, 6.07) is 2.07. The van der Waals surface area contributed by atoms with Crippen LogP contribution in [0.1, 0.15) is 29.5 Å². The van der Waals surface area contributed by atoms with Crippen molar-refractivity contribution in [2.75, 3.05) is 7.11 Å². The summed E-state index contributed by atoms with van der Waals surface area (Å²) in [6.07, 6.45) is 1.65. The molecule has 1 fully saturated rings. The Balaban J connectivity index is 2.68. The first-order valence-corrected chi connectivity index (χ1v) is 5.85. The van der Waals surface area contributed by atoms with Crippen molar-refractivity contribution in [3.8, 4) is 5.75 Å². The van der Waals surface area contributed by atoms with Crippen LogP contribution in [0.15, 0.2) is 10.5 Å². The van der Waals surface area contributed by atoms with Crippen LogP contribution in [0.2, 0.25) is 0 Å². The molecule has 1 N–H and O–H groups in total. The summed E-state index contributed by atoms with van der Waals surface area (Å²) in [5.41, 5.74) is 2.47. The Morgan fingerprint density at radius 1 is 1.33 bits per heavy atom. The topological polar surface area (TPSA) is 29.5 Å². The van der Waals surface area contributed by atoms with Crippen molar-refractivity contribution in [2.45, 2.75) is 32.3 Å². The van der Waals surface area contributed by atoms with Gasteiger partial charge in [0.2, 0.25) is 0 Å². The first-order valence-electron chi connectivity index (χ1n) is 5.06. The van der Waals surface area contributed by atoms with Crippen molar-refractivity contribution in [2.24, 2.45) is 0 Å². The van der Waals surface area contributed by atoms with Gasteiger partial charge in [0.15, 0.2) is 0 Å². The molecule has 1 aromatic rings. The Kier molecular flexibility index (Phi) is 2.55. The molecule has 0 bridgehead atoms. The summed E-state index contributed by atoms with van der Waals surface area (Å²) >= 11 is 3.54. The van der Waals surface area contributed by atoms with E-state index in [1.807, 2.05) is 13.8 Å². The molecule has 82 valence electrons. The molecule has 1 aliphatic rings. The van der Waals surface area contributed by atoms with Crippen molar-refractivity contribution in [3.63, 3.8) is 0 Å². The molecule has 1 aromatic carbocycles. The van der Waals surface area contributed by atoms with Gasteiger partial charge in [-0.05, 0) is 53.7 Å². The lowest BCUT2D eigenvalue weighted by Crippen LogP contribution is -2.10. The zero-order valence-electron chi connectivity index (χ0n) is 9.22. The standard InChI is InChI=1S/C12H15BrO2/c1-7-6-8(2)11(15-3)9(10(7)13)12(14)4-5-12/h6,14H,4-5H2,1-3H3. The first kappa shape index (κ1) is 11.0. The van der Waals surface area contributed by atoms with Gasteiger partial charge in [0, 0.05) is 10.0 Å². The van der Waals surface area contributed by atoms with Crippen molar-refractivity contribution in [1.29, 1.82) is 0 Å². The molecule has 2 rings (SSSR count). The van der Waals surface area contributed by atoms with Gasteiger partial charge in [-0.3, -0.25) is 0 Å². The molecule has 0 saturated heterocycles. The number of aliphatic hydroxyl groups is 1. The van der Waals surface area contributed by atoms with Crippen LogP contribution in [0.3, 0.4) is 0 Å². The summed E-state index contributed by atoms with van der Waals surface area (Å²) in [6.45, 7) is 4.04.